The number of hydrogen-bond donors (Lipinski definition) is 2. The second-order valence-electron chi connectivity index (χ2n) is 6.79. The molecule has 2 N–H and O–H groups in total. The van der Waals surface area contributed by atoms with Crippen molar-refractivity contribution in [2.75, 3.05) is 0 Å². The second kappa shape index (κ2) is 7.53. The molecule has 0 fully saturated rings. The largest absolute Gasteiger partial charge is 0.505 e. The van der Waals surface area contributed by atoms with E-state index in [2.05, 4.69) is 0 Å². The number of hydrogen-bond acceptors (Lipinski definition) is 4. The number of rotatable bonds is 6. The number of carboxylic acids is 1. The maximum Gasteiger partial charge on any atom is 0.356 e. The Kier molecular flexibility index (Phi) is 5.16. The Labute approximate surface area is 156 Å². The molecule has 0 unspecified atom stereocenters. The van der Waals surface area contributed by atoms with E-state index in [1.807, 2.05) is 44.2 Å². The smallest absolute Gasteiger partial charge is 0.356 e. The minimum absolute atomic E-state index is 0.0372. The number of carboxylic acid groups (broad SMARTS) is 1. The molecule has 0 spiro atoms. The minimum Gasteiger partial charge on any atom is -0.505 e. The first-order valence-electron chi connectivity index (χ1n) is 8.68. The highest BCUT2D eigenvalue weighted by molar-refractivity contribution is 5.98. The predicted molar refractivity (Wildman–Crippen MR) is 102 cm³/mol. The van der Waals surface area contributed by atoms with Gasteiger partial charge in [-0.15, -0.1) is 0 Å². The molecule has 27 heavy (non-hydrogen) atoms. The normalized spacial score (nSPS) is 11.1. The highest BCUT2D eigenvalue weighted by Crippen LogP contribution is 2.29. The molecule has 0 aliphatic rings. The van der Waals surface area contributed by atoms with Crippen LogP contribution in [0.2, 0.25) is 0 Å². The van der Waals surface area contributed by atoms with Crippen molar-refractivity contribution in [1.82, 2.24) is 4.57 Å². The zero-order valence-corrected chi connectivity index (χ0v) is 15.2. The lowest BCUT2D eigenvalue weighted by molar-refractivity contribution is 0.0679. The van der Waals surface area contributed by atoms with Crippen molar-refractivity contribution in [2.45, 2.75) is 27.0 Å². The van der Waals surface area contributed by atoms with Gasteiger partial charge in [0.05, 0.1) is 5.39 Å². The van der Waals surface area contributed by atoms with E-state index in [0.29, 0.717) is 12.4 Å². The lowest BCUT2D eigenvalue weighted by atomic mass is 10.1. The van der Waals surface area contributed by atoms with Crippen LogP contribution in [-0.2, 0) is 13.2 Å². The summed E-state index contributed by atoms with van der Waals surface area (Å²) in [6, 6.07) is 14.3. The number of aromatic carboxylic acids is 1. The summed E-state index contributed by atoms with van der Waals surface area (Å²) < 4.78 is 6.86. The molecule has 1 aromatic heterocycles. The van der Waals surface area contributed by atoms with Crippen molar-refractivity contribution in [3.63, 3.8) is 0 Å². The summed E-state index contributed by atoms with van der Waals surface area (Å²) in [5.41, 5.74) is 0.136. The third kappa shape index (κ3) is 3.79. The van der Waals surface area contributed by atoms with Crippen LogP contribution in [0.25, 0.3) is 10.8 Å². The highest BCUT2D eigenvalue weighted by atomic mass is 16.5. The Bertz CT molecular complexity index is 1040. The van der Waals surface area contributed by atoms with Crippen LogP contribution in [0, 0.1) is 5.92 Å². The maximum atomic E-state index is 12.9. The summed E-state index contributed by atoms with van der Waals surface area (Å²) in [7, 11) is 0. The standard InChI is InChI=1S/C21H21NO5/c1-13(2)11-22-18(21(25)26)19(23)16-9-8-15(10-17(16)20(22)24)27-12-14-6-4-3-5-7-14/h3-10,13,23H,11-12H2,1-2H3,(H,25,26). The first kappa shape index (κ1) is 18.5. The number of aromatic nitrogens is 1. The fourth-order valence-electron chi connectivity index (χ4n) is 3.00. The molecule has 3 aromatic rings. The van der Waals surface area contributed by atoms with Gasteiger partial charge < -0.3 is 14.9 Å². The van der Waals surface area contributed by atoms with E-state index in [1.165, 1.54) is 6.07 Å². The molecule has 0 atom stereocenters. The number of ether oxygens (including phenoxy) is 1. The highest BCUT2D eigenvalue weighted by Gasteiger charge is 2.22. The Hall–Kier alpha value is -3.28. The number of aromatic hydroxyl groups is 1. The van der Waals surface area contributed by atoms with E-state index in [-0.39, 0.29) is 28.9 Å². The van der Waals surface area contributed by atoms with Crippen LogP contribution in [0.4, 0.5) is 0 Å². The van der Waals surface area contributed by atoms with Gasteiger partial charge in [-0.3, -0.25) is 9.36 Å². The van der Waals surface area contributed by atoms with Crippen molar-refractivity contribution in [3.8, 4) is 11.5 Å². The number of nitrogens with zero attached hydrogens (tertiary/aromatic N) is 1. The van der Waals surface area contributed by atoms with E-state index in [4.69, 9.17) is 4.74 Å². The van der Waals surface area contributed by atoms with Crippen LogP contribution >= 0.6 is 0 Å². The lowest BCUT2D eigenvalue weighted by Crippen LogP contribution is -2.28. The van der Waals surface area contributed by atoms with E-state index in [1.54, 1.807) is 12.1 Å². The topological polar surface area (TPSA) is 88.8 Å². The molecular weight excluding hydrogens is 346 g/mol. The fourth-order valence-corrected chi connectivity index (χ4v) is 3.00. The summed E-state index contributed by atoms with van der Waals surface area (Å²) in [4.78, 5) is 24.5. The van der Waals surface area contributed by atoms with Crippen LogP contribution in [0.5, 0.6) is 11.5 Å². The predicted octanol–water partition coefficient (Wildman–Crippen LogP) is 3.64. The fraction of sp³-hybridized carbons (Fsp3) is 0.238. The van der Waals surface area contributed by atoms with E-state index < -0.39 is 17.3 Å². The SMILES string of the molecule is CC(C)Cn1c(C(=O)O)c(O)c2ccc(OCc3ccccc3)cc2c1=O. The van der Waals surface area contributed by atoms with Gasteiger partial charge in [0, 0.05) is 11.9 Å². The van der Waals surface area contributed by atoms with Crippen LogP contribution in [0.15, 0.2) is 53.3 Å². The van der Waals surface area contributed by atoms with Crippen molar-refractivity contribution >= 4 is 16.7 Å². The van der Waals surface area contributed by atoms with E-state index in [9.17, 15) is 19.8 Å². The maximum absolute atomic E-state index is 12.9. The molecule has 0 bridgehead atoms. The number of fused-ring (bicyclic) bond motifs is 1. The average Bonchev–Trinajstić information content (AvgIpc) is 2.64. The average molecular weight is 367 g/mol. The molecular formula is C21H21NO5. The van der Waals surface area contributed by atoms with Crippen LogP contribution in [-0.4, -0.2) is 20.7 Å². The van der Waals surface area contributed by atoms with Gasteiger partial charge in [0.15, 0.2) is 11.4 Å². The van der Waals surface area contributed by atoms with Crippen molar-refractivity contribution in [3.05, 3.63) is 70.1 Å². The van der Waals surface area contributed by atoms with Crippen molar-refractivity contribution in [1.29, 1.82) is 0 Å². The molecule has 1 heterocycles. The van der Waals surface area contributed by atoms with Crippen molar-refractivity contribution < 1.29 is 19.7 Å². The monoisotopic (exact) mass is 367 g/mol. The second-order valence-corrected chi connectivity index (χ2v) is 6.79. The Morgan fingerprint density at radius 2 is 1.81 bits per heavy atom. The molecule has 6 nitrogen and oxygen atoms in total. The quantitative estimate of drug-likeness (QED) is 0.694. The van der Waals surface area contributed by atoms with Gasteiger partial charge in [-0.25, -0.2) is 4.79 Å². The first-order chi connectivity index (χ1) is 12.9. The lowest BCUT2D eigenvalue weighted by Gasteiger charge is -2.16. The van der Waals surface area contributed by atoms with Crippen molar-refractivity contribution in [2.24, 2.45) is 5.92 Å². The molecule has 0 aliphatic heterocycles. The Balaban J connectivity index is 2.07. The summed E-state index contributed by atoms with van der Waals surface area (Å²) in [6.45, 7) is 4.28. The summed E-state index contributed by atoms with van der Waals surface area (Å²) in [6.07, 6.45) is 0. The molecule has 140 valence electrons. The number of pyridine rings is 1. The Morgan fingerprint density at radius 1 is 1.11 bits per heavy atom. The van der Waals surface area contributed by atoms with Gasteiger partial charge in [-0.1, -0.05) is 44.2 Å². The third-order valence-corrected chi connectivity index (χ3v) is 4.21. The Morgan fingerprint density at radius 3 is 2.44 bits per heavy atom. The molecule has 0 radical (unpaired) electrons. The van der Waals surface area contributed by atoms with E-state index in [0.717, 1.165) is 10.1 Å². The molecule has 2 aromatic carbocycles. The van der Waals surface area contributed by atoms with Crippen LogP contribution in [0.3, 0.4) is 0 Å². The third-order valence-electron chi connectivity index (χ3n) is 4.21. The molecule has 3 rings (SSSR count). The van der Waals surface area contributed by atoms with Gasteiger partial charge in [0.2, 0.25) is 0 Å². The van der Waals surface area contributed by atoms with Gasteiger partial charge in [0.1, 0.15) is 12.4 Å². The molecule has 0 aliphatic carbocycles. The van der Waals surface area contributed by atoms with Crippen LogP contribution < -0.4 is 10.3 Å². The first-order valence-corrected chi connectivity index (χ1v) is 8.68. The van der Waals surface area contributed by atoms with Gasteiger partial charge in [-0.05, 0) is 29.7 Å². The molecule has 0 saturated heterocycles. The van der Waals surface area contributed by atoms with Gasteiger partial charge >= 0.3 is 5.97 Å². The number of benzene rings is 2. The van der Waals surface area contributed by atoms with Gasteiger partial charge in [-0.2, -0.15) is 0 Å². The molecule has 0 amide bonds. The van der Waals surface area contributed by atoms with Gasteiger partial charge in [0.25, 0.3) is 5.56 Å². The zero-order valence-electron chi connectivity index (χ0n) is 15.2. The molecule has 0 saturated carbocycles. The minimum atomic E-state index is -1.34. The van der Waals surface area contributed by atoms with E-state index >= 15 is 0 Å². The van der Waals surface area contributed by atoms with Crippen LogP contribution in [0.1, 0.15) is 29.9 Å². The summed E-state index contributed by atoms with van der Waals surface area (Å²) in [5, 5.41) is 20.3. The summed E-state index contributed by atoms with van der Waals surface area (Å²) >= 11 is 0. The molecule has 6 heteroatoms. The number of carbonyl (C=O) groups is 1. The summed E-state index contributed by atoms with van der Waals surface area (Å²) in [5.74, 6) is -1.24. The zero-order chi connectivity index (χ0) is 19.6.